The van der Waals surface area contributed by atoms with E-state index in [2.05, 4.69) is 12.2 Å². The molecule has 1 aliphatic rings. The summed E-state index contributed by atoms with van der Waals surface area (Å²) in [4.78, 5) is 0. The quantitative estimate of drug-likeness (QED) is 0.768. The van der Waals surface area contributed by atoms with Gasteiger partial charge in [0.25, 0.3) is 0 Å². The van der Waals surface area contributed by atoms with Crippen molar-refractivity contribution in [3.05, 3.63) is 24.3 Å². The monoisotopic (exact) mass is 249 g/mol. The molecule has 1 fully saturated rings. The lowest BCUT2D eigenvalue weighted by Crippen LogP contribution is -2.32. The van der Waals surface area contributed by atoms with Gasteiger partial charge in [-0.05, 0) is 43.5 Å². The van der Waals surface area contributed by atoms with Gasteiger partial charge in [0, 0.05) is 12.6 Å². The van der Waals surface area contributed by atoms with Gasteiger partial charge in [-0.3, -0.25) is 0 Å². The highest BCUT2D eigenvalue weighted by atomic mass is 16.5. The van der Waals surface area contributed by atoms with Crippen molar-refractivity contribution in [1.29, 1.82) is 0 Å². The van der Waals surface area contributed by atoms with Crippen LogP contribution in [-0.4, -0.2) is 25.8 Å². The number of nitrogens with one attached hydrogen (secondary N) is 1. The van der Waals surface area contributed by atoms with Crippen molar-refractivity contribution in [1.82, 2.24) is 5.32 Å². The van der Waals surface area contributed by atoms with Gasteiger partial charge in [-0.1, -0.05) is 13.3 Å². The van der Waals surface area contributed by atoms with Gasteiger partial charge in [0.15, 0.2) is 0 Å². The molecule has 18 heavy (non-hydrogen) atoms. The van der Waals surface area contributed by atoms with Crippen LogP contribution in [0.3, 0.4) is 0 Å². The Labute approximate surface area is 109 Å². The SMILES string of the molecule is CCCC(CNC1CC1)Oc1ccc(OC)cc1. The van der Waals surface area contributed by atoms with Crippen LogP contribution >= 0.6 is 0 Å². The summed E-state index contributed by atoms with van der Waals surface area (Å²) < 4.78 is 11.2. The Balaban J connectivity index is 1.84. The van der Waals surface area contributed by atoms with Crippen LogP contribution in [0, 0.1) is 0 Å². The number of ether oxygens (including phenoxy) is 2. The summed E-state index contributed by atoms with van der Waals surface area (Å²) in [7, 11) is 1.68. The predicted octanol–water partition coefficient (Wildman–Crippen LogP) is 2.99. The molecular formula is C15H23NO2. The Hall–Kier alpha value is -1.22. The maximum absolute atomic E-state index is 6.01. The van der Waals surface area contributed by atoms with Crippen LogP contribution in [0.2, 0.25) is 0 Å². The molecule has 2 rings (SSSR count). The molecule has 0 aromatic heterocycles. The fraction of sp³-hybridized carbons (Fsp3) is 0.600. The van der Waals surface area contributed by atoms with E-state index in [1.54, 1.807) is 7.11 Å². The lowest BCUT2D eigenvalue weighted by molar-refractivity contribution is 0.186. The van der Waals surface area contributed by atoms with Crippen molar-refractivity contribution in [2.45, 2.75) is 44.8 Å². The third kappa shape index (κ3) is 4.22. The van der Waals surface area contributed by atoms with Crippen LogP contribution < -0.4 is 14.8 Å². The second-order valence-corrected chi connectivity index (χ2v) is 4.89. The second kappa shape index (κ2) is 6.64. The molecule has 0 aliphatic heterocycles. The maximum Gasteiger partial charge on any atom is 0.120 e. The van der Waals surface area contributed by atoms with Gasteiger partial charge in [0.2, 0.25) is 0 Å². The van der Waals surface area contributed by atoms with Crippen LogP contribution in [0.15, 0.2) is 24.3 Å². The molecular weight excluding hydrogens is 226 g/mol. The van der Waals surface area contributed by atoms with Gasteiger partial charge in [0.05, 0.1) is 7.11 Å². The Morgan fingerprint density at radius 1 is 1.22 bits per heavy atom. The van der Waals surface area contributed by atoms with Crippen molar-refractivity contribution in [3.8, 4) is 11.5 Å². The minimum atomic E-state index is 0.268. The molecule has 100 valence electrons. The minimum absolute atomic E-state index is 0.268. The van der Waals surface area contributed by atoms with Gasteiger partial charge >= 0.3 is 0 Å². The van der Waals surface area contributed by atoms with E-state index >= 15 is 0 Å². The summed E-state index contributed by atoms with van der Waals surface area (Å²) >= 11 is 0. The van der Waals surface area contributed by atoms with E-state index in [1.165, 1.54) is 12.8 Å². The average Bonchev–Trinajstić information content (AvgIpc) is 3.21. The van der Waals surface area contributed by atoms with E-state index in [9.17, 15) is 0 Å². The third-order valence-corrected chi connectivity index (χ3v) is 3.18. The maximum atomic E-state index is 6.01. The molecule has 1 N–H and O–H groups in total. The number of methoxy groups -OCH3 is 1. The first kappa shape index (κ1) is 13.2. The van der Waals surface area contributed by atoms with Gasteiger partial charge < -0.3 is 14.8 Å². The summed E-state index contributed by atoms with van der Waals surface area (Å²) in [6.45, 7) is 3.14. The molecule has 0 bridgehead atoms. The fourth-order valence-corrected chi connectivity index (χ4v) is 1.96. The third-order valence-electron chi connectivity index (χ3n) is 3.18. The molecule has 1 atom stereocenters. The summed E-state index contributed by atoms with van der Waals surface area (Å²) in [6, 6.07) is 8.56. The van der Waals surface area contributed by atoms with E-state index in [0.29, 0.717) is 0 Å². The molecule has 0 radical (unpaired) electrons. The molecule has 1 aromatic carbocycles. The van der Waals surface area contributed by atoms with Crippen molar-refractivity contribution in [2.75, 3.05) is 13.7 Å². The highest BCUT2D eigenvalue weighted by molar-refractivity contribution is 5.31. The molecule has 1 aromatic rings. The topological polar surface area (TPSA) is 30.5 Å². The van der Waals surface area contributed by atoms with Crippen molar-refractivity contribution >= 4 is 0 Å². The lowest BCUT2D eigenvalue weighted by Gasteiger charge is -2.19. The zero-order chi connectivity index (χ0) is 12.8. The molecule has 1 saturated carbocycles. The highest BCUT2D eigenvalue weighted by Gasteiger charge is 2.22. The van der Waals surface area contributed by atoms with Crippen LogP contribution in [0.4, 0.5) is 0 Å². The number of hydrogen-bond acceptors (Lipinski definition) is 3. The smallest absolute Gasteiger partial charge is 0.120 e. The van der Waals surface area contributed by atoms with Gasteiger partial charge in [-0.2, -0.15) is 0 Å². The molecule has 3 nitrogen and oxygen atoms in total. The molecule has 0 amide bonds. The fourth-order valence-electron chi connectivity index (χ4n) is 1.96. The van der Waals surface area contributed by atoms with E-state index in [-0.39, 0.29) is 6.10 Å². The van der Waals surface area contributed by atoms with E-state index in [0.717, 1.165) is 36.9 Å². The van der Waals surface area contributed by atoms with Crippen molar-refractivity contribution in [2.24, 2.45) is 0 Å². The van der Waals surface area contributed by atoms with E-state index < -0.39 is 0 Å². The van der Waals surface area contributed by atoms with E-state index in [4.69, 9.17) is 9.47 Å². The number of benzene rings is 1. The highest BCUT2D eigenvalue weighted by Crippen LogP contribution is 2.21. The molecule has 1 aliphatic carbocycles. The minimum Gasteiger partial charge on any atom is -0.497 e. The molecule has 0 heterocycles. The lowest BCUT2D eigenvalue weighted by atomic mass is 10.2. The zero-order valence-electron chi connectivity index (χ0n) is 11.3. The van der Waals surface area contributed by atoms with E-state index in [1.807, 2.05) is 24.3 Å². The Bertz CT molecular complexity index is 346. The van der Waals surface area contributed by atoms with Crippen molar-refractivity contribution in [3.63, 3.8) is 0 Å². The Morgan fingerprint density at radius 2 is 1.89 bits per heavy atom. The number of rotatable bonds is 8. The average molecular weight is 249 g/mol. The first-order chi connectivity index (χ1) is 8.81. The molecule has 1 unspecified atom stereocenters. The Kier molecular flexibility index (Phi) is 4.88. The normalized spacial score (nSPS) is 16.3. The molecule has 3 heteroatoms. The first-order valence-electron chi connectivity index (χ1n) is 6.86. The largest absolute Gasteiger partial charge is 0.497 e. The van der Waals surface area contributed by atoms with Gasteiger partial charge in [0.1, 0.15) is 17.6 Å². The summed E-state index contributed by atoms with van der Waals surface area (Å²) in [5, 5.41) is 3.53. The van der Waals surface area contributed by atoms with Gasteiger partial charge in [-0.15, -0.1) is 0 Å². The predicted molar refractivity (Wildman–Crippen MR) is 73.3 cm³/mol. The van der Waals surface area contributed by atoms with Crippen LogP contribution in [0.1, 0.15) is 32.6 Å². The second-order valence-electron chi connectivity index (χ2n) is 4.89. The summed E-state index contributed by atoms with van der Waals surface area (Å²) in [5.41, 5.74) is 0. The summed E-state index contributed by atoms with van der Waals surface area (Å²) in [6.07, 6.45) is 5.14. The standard InChI is InChI=1S/C15H23NO2/c1-3-4-15(11-16-12-5-6-12)18-14-9-7-13(17-2)8-10-14/h7-10,12,15-16H,3-6,11H2,1-2H3. The van der Waals surface area contributed by atoms with Crippen LogP contribution in [-0.2, 0) is 0 Å². The summed E-state index contributed by atoms with van der Waals surface area (Å²) in [5.74, 6) is 1.79. The number of hydrogen-bond donors (Lipinski definition) is 1. The molecule has 0 saturated heterocycles. The zero-order valence-corrected chi connectivity index (χ0v) is 11.3. The first-order valence-corrected chi connectivity index (χ1v) is 6.86. The van der Waals surface area contributed by atoms with Crippen LogP contribution in [0.5, 0.6) is 11.5 Å². The van der Waals surface area contributed by atoms with Gasteiger partial charge in [-0.25, -0.2) is 0 Å². The Morgan fingerprint density at radius 3 is 2.44 bits per heavy atom. The molecule has 0 spiro atoms. The van der Waals surface area contributed by atoms with Crippen LogP contribution in [0.25, 0.3) is 0 Å². The van der Waals surface area contributed by atoms with Crippen molar-refractivity contribution < 1.29 is 9.47 Å².